The van der Waals surface area contributed by atoms with Crippen LogP contribution in [0.25, 0.3) is 11.4 Å². The summed E-state index contributed by atoms with van der Waals surface area (Å²) in [6, 6.07) is 1.61. The van der Waals surface area contributed by atoms with Gasteiger partial charge in [-0.1, -0.05) is 0 Å². The zero-order valence-electron chi connectivity index (χ0n) is 8.49. The minimum absolute atomic E-state index is 0.258. The number of H-pyrrole nitrogens is 1. The van der Waals surface area contributed by atoms with Crippen LogP contribution in [-0.2, 0) is 12.7 Å². The third-order valence-corrected chi connectivity index (χ3v) is 2.06. The van der Waals surface area contributed by atoms with E-state index in [0.717, 1.165) is 6.20 Å². The Bertz CT molecular complexity index is 502. The molecule has 0 unspecified atom stereocenters. The summed E-state index contributed by atoms with van der Waals surface area (Å²) < 4.78 is 36.7. The Morgan fingerprint density at radius 2 is 1.94 bits per heavy atom. The minimum atomic E-state index is -4.49. The highest BCUT2D eigenvalue weighted by molar-refractivity contribution is 5.52. The molecule has 17 heavy (non-hydrogen) atoms. The first-order valence-electron chi connectivity index (χ1n) is 4.64. The molecule has 0 aliphatic carbocycles. The molecule has 3 N–H and O–H groups in total. The molecule has 5 nitrogen and oxygen atoms in total. The molecular weight excluding hydrogens is 235 g/mol. The summed E-state index contributed by atoms with van der Waals surface area (Å²) in [6.45, 7) is 0.265. The van der Waals surface area contributed by atoms with Crippen LogP contribution < -0.4 is 5.73 Å². The summed E-state index contributed by atoms with van der Waals surface area (Å²) in [5, 5.41) is 6.49. The van der Waals surface area contributed by atoms with Gasteiger partial charge in [-0.2, -0.15) is 18.3 Å². The summed E-state index contributed by atoms with van der Waals surface area (Å²) in [7, 11) is 0. The average molecular weight is 243 g/mol. The predicted molar refractivity (Wildman–Crippen MR) is 52.5 cm³/mol. The molecule has 0 saturated carbocycles. The van der Waals surface area contributed by atoms with Gasteiger partial charge in [0.05, 0.1) is 12.4 Å². The maximum atomic E-state index is 12.2. The number of nitrogens with zero attached hydrogens (tertiary/aromatic N) is 3. The van der Waals surface area contributed by atoms with Gasteiger partial charge in [-0.25, -0.2) is 4.98 Å². The molecule has 0 aliphatic heterocycles. The molecule has 0 bridgehead atoms. The molecule has 0 radical (unpaired) electrons. The predicted octanol–water partition coefficient (Wildman–Crippen LogP) is 1.34. The van der Waals surface area contributed by atoms with E-state index in [2.05, 4.69) is 20.2 Å². The quantitative estimate of drug-likeness (QED) is 0.834. The Morgan fingerprint density at radius 3 is 2.41 bits per heavy atom. The normalized spacial score (nSPS) is 11.8. The number of nitrogens with one attached hydrogen (secondary N) is 1. The highest BCUT2D eigenvalue weighted by Crippen LogP contribution is 2.27. The zero-order valence-corrected chi connectivity index (χ0v) is 8.49. The average Bonchev–Trinajstić information content (AvgIpc) is 2.76. The van der Waals surface area contributed by atoms with Crippen LogP contribution in [0.3, 0.4) is 0 Å². The van der Waals surface area contributed by atoms with Crippen molar-refractivity contribution >= 4 is 0 Å². The fraction of sp³-hybridized carbons (Fsp3) is 0.222. The number of rotatable bonds is 2. The fourth-order valence-electron chi connectivity index (χ4n) is 1.20. The summed E-state index contributed by atoms with van der Waals surface area (Å²) in [5.41, 5.74) is 5.67. The maximum Gasteiger partial charge on any atom is 0.434 e. The lowest BCUT2D eigenvalue weighted by Gasteiger charge is -2.04. The first-order valence-corrected chi connectivity index (χ1v) is 4.64. The van der Waals surface area contributed by atoms with Crippen molar-refractivity contribution < 1.29 is 13.2 Å². The Hall–Kier alpha value is -1.96. The van der Waals surface area contributed by atoms with Crippen molar-refractivity contribution in [1.29, 1.82) is 0 Å². The lowest BCUT2D eigenvalue weighted by atomic mass is 10.3. The minimum Gasteiger partial charge on any atom is -0.325 e. The number of hydrogen-bond donors (Lipinski definition) is 2. The summed E-state index contributed by atoms with van der Waals surface area (Å²) in [5.74, 6) is 0. The largest absolute Gasteiger partial charge is 0.434 e. The van der Waals surface area contributed by atoms with Crippen molar-refractivity contribution in [2.45, 2.75) is 12.7 Å². The third kappa shape index (κ3) is 2.41. The van der Waals surface area contributed by atoms with Crippen molar-refractivity contribution in [3.63, 3.8) is 0 Å². The number of nitrogens with two attached hydrogens (primary N) is 1. The van der Waals surface area contributed by atoms with Gasteiger partial charge >= 0.3 is 6.18 Å². The molecule has 8 heteroatoms. The Labute approximate surface area is 93.9 Å². The van der Waals surface area contributed by atoms with E-state index in [0.29, 0.717) is 17.6 Å². The highest BCUT2D eigenvalue weighted by Gasteiger charge is 2.32. The van der Waals surface area contributed by atoms with Gasteiger partial charge in [0.2, 0.25) is 0 Å². The molecule has 2 heterocycles. The monoisotopic (exact) mass is 243 g/mol. The van der Waals surface area contributed by atoms with Gasteiger partial charge in [0.1, 0.15) is 11.4 Å². The number of aromatic nitrogens is 4. The van der Waals surface area contributed by atoms with Gasteiger partial charge < -0.3 is 5.73 Å². The molecule has 2 aromatic rings. The van der Waals surface area contributed by atoms with E-state index >= 15 is 0 Å². The molecule has 0 aliphatic rings. The molecule has 90 valence electrons. The van der Waals surface area contributed by atoms with E-state index in [1.165, 1.54) is 0 Å². The lowest BCUT2D eigenvalue weighted by Crippen LogP contribution is -2.08. The zero-order chi connectivity index (χ0) is 12.5. The third-order valence-electron chi connectivity index (χ3n) is 2.06. The Balaban J connectivity index is 2.29. The SMILES string of the molecule is NCc1cc(-c2cnc(C(F)(F)F)cn2)n[nH]1. The number of halogens is 3. The van der Waals surface area contributed by atoms with E-state index in [1.54, 1.807) is 6.07 Å². The van der Waals surface area contributed by atoms with E-state index in [9.17, 15) is 13.2 Å². The fourth-order valence-corrected chi connectivity index (χ4v) is 1.20. The second-order valence-corrected chi connectivity index (χ2v) is 3.27. The molecule has 0 saturated heterocycles. The molecule has 2 aromatic heterocycles. The van der Waals surface area contributed by atoms with Gasteiger partial charge in [-0.05, 0) is 6.07 Å². The first-order chi connectivity index (χ1) is 8.00. The van der Waals surface area contributed by atoms with Crippen molar-refractivity contribution in [3.05, 3.63) is 29.8 Å². The highest BCUT2D eigenvalue weighted by atomic mass is 19.4. The Kier molecular flexibility index (Phi) is 2.80. The van der Waals surface area contributed by atoms with Crippen LogP contribution in [0.5, 0.6) is 0 Å². The second-order valence-electron chi connectivity index (χ2n) is 3.27. The Morgan fingerprint density at radius 1 is 1.18 bits per heavy atom. The van der Waals surface area contributed by atoms with E-state index < -0.39 is 11.9 Å². The second kappa shape index (κ2) is 4.13. The lowest BCUT2D eigenvalue weighted by molar-refractivity contribution is -0.141. The van der Waals surface area contributed by atoms with Crippen LogP contribution in [0, 0.1) is 0 Å². The molecule has 0 amide bonds. The number of hydrogen-bond acceptors (Lipinski definition) is 4. The van der Waals surface area contributed by atoms with Gasteiger partial charge in [-0.3, -0.25) is 10.1 Å². The van der Waals surface area contributed by atoms with Crippen molar-refractivity contribution in [1.82, 2.24) is 20.2 Å². The molecule has 0 aromatic carbocycles. The van der Waals surface area contributed by atoms with Gasteiger partial charge in [-0.15, -0.1) is 0 Å². The first kappa shape index (κ1) is 11.5. The summed E-state index contributed by atoms with van der Waals surface area (Å²) in [6.07, 6.45) is -2.79. The van der Waals surface area contributed by atoms with Crippen molar-refractivity contribution in [2.75, 3.05) is 0 Å². The smallest absolute Gasteiger partial charge is 0.325 e. The molecule has 0 atom stereocenters. The molecule has 2 rings (SSSR count). The summed E-state index contributed by atoms with van der Waals surface area (Å²) in [4.78, 5) is 6.95. The van der Waals surface area contributed by atoms with Crippen LogP contribution in [0.15, 0.2) is 18.5 Å². The summed E-state index contributed by atoms with van der Waals surface area (Å²) >= 11 is 0. The number of aromatic amines is 1. The maximum absolute atomic E-state index is 12.2. The van der Waals surface area contributed by atoms with Crippen LogP contribution in [-0.4, -0.2) is 20.2 Å². The van der Waals surface area contributed by atoms with E-state index in [1.807, 2.05) is 0 Å². The van der Waals surface area contributed by atoms with Gasteiger partial charge in [0.25, 0.3) is 0 Å². The van der Waals surface area contributed by atoms with Gasteiger partial charge in [0, 0.05) is 12.2 Å². The molecule has 0 fully saturated rings. The molecule has 0 spiro atoms. The number of alkyl halides is 3. The van der Waals surface area contributed by atoms with Crippen LogP contribution >= 0.6 is 0 Å². The van der Waals surface area contributed by atoms with Crippen LogP contribution in [0.1, 0.15) is 11.4 Å². The molecular formula is C9H8F3N5. The topological polar surface area (TPSA) is 80.5 Å². The van der Waals surface area contributed by atoms with Crippen molar-refractivity contribution in [3.8, 4) is 11.4 Å². The standard InChI is InChI=1S/C9H8F3N5/c10-9(11,12)8-4-14-7(3-15-8)6-1-5(2-13)16-17-6/h1,3-4H,2,13H2,(H,16,17). The van der Waals surface area contributed by atoms with E-state index in [-0.39, 0.29) is 12.2 Å². The van der Waals surface area contributed by atoms with Crippen LogP contribution in [0.4, 0.5) is 13.2 Å². The van der Waals surface area contributed by atoms with E-state index in [4.69, 9.17) is 5.73 Å². The van der Waals surface area contributed by atoms with Gasteiger partial charge in [0.15, 0.2) is 5.69 Å². The van der Waals surface area contributed by atoms with Crippen LogP contribution in [0.2, 0.25) is 0 Å². The van der Waals surface area contributed by atoms with Crippen molar-refractivity contribution in [2.24, 2.45) is 5.73 Å².